The van der Waals surface area contributed by atoms with Gasteiger partial charge in [0.05, 0.1) is 10.2 Å². The zero-order valence-corrected chi connectivity index (χ0v) is 8.54. The maximum Gasteiger partial charge on any atom is 0.349 e. The first-order chi connectivity index (χ1) is 7.16. The average molecular weight is 220 g/mol. The molecule has 1 heterocycles. The molecule has 0 saturated heterocycles. The van der Waals surface area contributed by atoms with E-state index in [0.29, 0.717) is 5.01 Å². The summed E-state index contributed by atoms with van der Waals surface area (Å²) in [6.45, 7) is 0. The van der Waals surface area contributed by atoms with Crippen molar-refractivity contribution in [2.75, 3.05) is 0 Å². The zero-order valence-electron chi connectivity index (χ0n) is 7.73. The van der Waals surface area contributed by atoms with Crippen LogP contribution < -0.4 is 0 Å². The molecule has 5 heteroatoms. The number of nitrogens with one attached hydrogen (secondary N) is 1. The normalized spacial score (nSPS) is 10.4. The molecule has 0 fully saturated rings. The first-order valence-corrected chi connectivity index (χ1v) is 5.13. The molecule has 2 rings (SSSR count). The highest BCUT2D eigenvalue weighted by Gasteiger charge is 2.11. The third kappa shape index (κ3) is 2.02. The second-order valence-corrected chi connectivity index (χ2v) is 4.15. The lowest BCUT2D eigenvalue weighted by Crippen LogP contribution is -2.13. The Labute approximate surface area is 89.7 Å². The second-order valence-electron chi connectivity index (χ2n) is 3.04. The first kappa shape index (κ1) is 9.79. The summed E-state index contributed by atoms with van der Waals surface area (Å²) in [6, 6.07) is 7.60. The fraction of sp³-hybridized carbons (Fsp3) is 0.100. The van der Waals surface area contributed by atoms with E-state index in [9.17, 15) is 4.79 Å². The van der Waals surface area contributed by atoms with Crippen LogP contribution in [0.15, 0.2) is 24.3 Å². The Kier molecular flexibility index (Phi) is 2.47. The van der Waals surface area contributed by atoms with Gasteiger partial charge in [-0.2, -0.15) is 0 Å². The van der Waals surface area contributed by atoms with E-state index in [1.54, 1.807) is 0 Å². The van der Waals surface area contributed by atoms with Gasteiger partial charge in [-0.15, -0.1) is 11.3 Å². The van der Waals surface area contributed by atoms with Gasteiger partial charge in [0.2, 0.25) is 0 Å². The zero-order chi connectivity index (χ0) is 10.8. The monoisotopic (exact) mass is 220 g/mol. The summed E-state index contributed by atoms with van der Waals surface area (Å²) in [5.41, 5.74) is 0.532. The standard InChI is InChI=1S/C10H8N2O2S/c11-6(10(13)14)5-9-12-7-3-1-2-4-8(7)15-9/h1-4,11H,5H2,(H,13,14). The minimum Gasteiger partial charge on any atom is -0.477 e. The quantitative estimate of drug-likeness (QED) is 0.776. The van der Waals surface area contributed by atoms with Crippen LogP contribution in [0.5, 0.6) is 0 Å². The molecule has 0 aliphatic heterocycles. The summed E-state index contributed by atoms with van der Waals surface area (Å²) in [7, 11) is 0. The van der Waals surface area contributed by atoms with Gasteiger partial charge in [0.15, 0.2) is 0 Å². The van der Waals surface area contributed by atoms with Crippen LogP contribution in [-0.2, 0) is 11.2 Å². The second kappa shape index (κ2) is 3.78. The smallest absolute Gasteiger partial charge is 0.349 e. The molecule has 0 bridgehead atoms. The minimum atomic E-state index is -1.19. The number of hydrogen-bond acceptors (Lipinski definition) is 4. The Morgan fingerprint density at radius 1 is 1.47 bits per heavy atom. The van der Waals surface area contributed by atoms with E-state index >= 15 is 0 Å². The van der Waals surface area contributed by atoms with Gasteiger partial charge in [-0.3, -0.25) is 5.41 Å². The van der Waals surface area contributed by atoms with Crippen LogP contribution in [-0.4, -0.2) is 21.8 Å². The van der Waals surface area contributed by atoms with Crippen LogP contribution in [0, 0.1) is 5.41 Å². The molecule has 4 nitrogen and oxygen atoms in total. The molecule has 0 unspecified atom stereocenters. The van der Waals surface area contributed by atoms with Crippen molar-refractivity contribution in [3.8, 4) is 0 Å². The molecule has 76 valence electrons. The molecule has 2 N–H and O–H groups in total. The highest BCUT2D eigenvalue weighted by molar-refractivity contribution is 7.18. The van der Waals surface area contributed by atoms with Crippen molar-refractivity contribution in [1.82, 2.24) is 4.98 Å². The molecular weight excluding hydrogens is 212 g/mol. The van der Waals surface area contributed by atoms with Crippen LogP contribution in [0.4, 0.5) is 0 Å². The van der Waals surface area contributed by atoms with Crippen LogP contribution in [0.3, 0.4) is 0 Å². The number of aliphatic carboxylic acids is 1. The van der Waals surface area contributed by atoms with Crippen LogP contribution >= 0.6 is 11.3 Å². The number of fused-ring (bicyclic) bond motifs is 1. The van der Waals surface area contributed by atoms with Gasteiger partial charge in [-0.1, -0.05) is 12.1 Å². The predicted molar refractivity (Wildman–Crippen MR) is 58.7 cm³/mol. The molecule has 0 spiro atoms. The van der Waals surface area contributed by atoms with E-state index in [4.69, 9.17) is 10.5 Å². The number of para-hydroxylation sites is 1. The van der Waals surface area contributed by atoms with Crippen molar-refractivity contribution >= 4 is 33.2 Å². The van der Waals surface area contributed by atoms with Crippen molar-refractivity contribution in [2.24, 2.45) is 0 Å². The number of hydrogen-bond donors (Lipinski definition) is 2. The molecule has 0 atom stereocenters. The average Bonchev–Trinajstić information content (AvgIpc) is 2.59. The van der Waals surface area contributed by atoms with Gasteiger partial charge in [-0.05, 0) is 12.1 Å². The molecule has 0 aliphatic rings. The Hall–Kier alpha value is -1.75. The Balaban J connectivity index is 2.30. The number of carbonyl (C=O) groups is 1. The van der Waals surface area contributed by atoms with Crippen LogP contribution in [0.1, 0.15) is 5.01 Å². The molecule has 1 aromatic carbocycles. The third-order valence-electron chi connectivity index (χ3n) is 1.92. The molecule has 0 amide bonds. The Morgan fingerprint density at radius 3 is 2.87 bits per heavy atom. The number of nitrogens with zero attached hydrogens (tertiary/aromatic N) is 1. The van der Waals surface area contributed by atoms with Crippen molar-refractivity contribution in [1.29, 1.82) is 5.41 Å². The lowest BCUT2D eigenvalue weighted by atomic mass is 10.3. The van der Waals surface area contributed by atoms with E-state index in [0.717, 1.165) is 10.2 Å². The fourth-order valence-corrected chi connectivity index (χ4v) is 2.20. The molecule has 15 heavy (non-hydrogen) atoms. The van der Waals surface area contributed by atoms with E-state index < -0.39 is 5.97 Å². The van der Waals surface area contributed by atoms with Crippen LogP contribution in [0.25, 0.3) is 10.2 Å². The highest BCUT2D eigenvalue weighted by Crippen LogP contribution is 2.21. The number of carboxylic acids is 1. The van der Waals surface area contributed by atoms with Gasteiger partial charge < -0.3 is 5.11 Å². The topological polar surface area (TPSA) is 74.0 Å². The summed E-state index contributed by atoms with van der Waals surface area (Å²) < 4.78 is 1.02. The summed E-state index contributed by atoms with van der Waals surface area (Å²) >= 11 is 1.43. The maximum absolute atomic E-state index is 10.5. The summed E-state index contributed by atoms with van der Waals surface area (Å²) in [4.78, 5) is 14.7. The largest absolute Gasteiger partial charge is 0.477 e. The van der Waals surface area contributed by atoms with Crippen molar-refractivity contribution < 1.29 is 9.90 Å². The van der Waals surface area contributed by atoms with E-state index in [1.807, 2.05) is 24.3 Å². The number of rotatable bonds is 3. The molecule has 1 aromatic heterocycles. The van der Waals surface area contributed by atoms with E-state index in [2.05, 4.69) is 4.98 Å². The number of carboxylic acid groups (broad SMARTS) is 1. The highest BCUT2D eigenvalue weighted by atomic mass is 32.1. The Bertz CT molecular complexity index is 500. The lowest BCUT2D eigenvalue weighted by molar-refractivity contribution is -0.129. The number of aromatic nitrogens is 1. The Morgan fingerprint density at radius 2 is 2.20 bits per heavy atom. The van der Waals surface area contributed by atoms with Gasteiger partial charge >= 0.3 is 5.97 Å². The molecule has 0 radical (unpaired) electrons. The fourth-order valence-electron chi connectivity index (χ4n) is 1.22. The van der Waals surface area contributed by atoms with Crippen molar-refractivity contribution in [2.45, 2.75) is 6.42 Å². The third-order valence-corrected chi connectivity index (χ3v) is 2.96. The molecule has 0 aliphatic carbocycles. The van der Waals surface area contributed by atoms with Crippen molar-refractivity contribution in [3.05, 3.63) is 29.3 Å². The summed E-state index contributed by atoms with van der Waals surface area (Å²) in [5.74, 6) is -1.19. The van der Waals surface area contributed by atoms with Crippen LogP contribution in [0.2, 0.25) is 0 Å². The molecule has 2 aromatic rings. The predicted octanol–water partition coefficient (Wildman–Crippen LogP) is 1.94. The molecule has 0 saturated carbocycles. The van der Waals surface area contributed by atoms with Gasteiger partial charge in [0.1, 0.15) is 10.7 Å². The first-order valence-electron chi connectivity index (χ1n) is 4.32. The number of thiazole rings is 1. The molecular formula is C10H8N2O2S. The van der Waals surface area contributed by atoms with Gasteiger partial charge in [0.25, 0.3) is 0 Å². The SMILES string of the molecule is N=C(Cc1nc2ccccc2s1)C(=O)O. The van der Waals surface area contributed by atoms with E-state index in [1.165, 1.54) is 11.3 Å². The maximum atomic E-state index is 10.5. The van der Waals surface area contributed by atoms with E-state index in [-0.39, 0.29) is 12.1 Å². The minimum absolute atomic E-state index is 0.0919. The summed E-state index contributed by atoms with van der Waals surface area (Å²) in [6.07, 6.45) is 0.0919. The van der Waals surface area contributed by atoms with Gasteiger partial charge in [0, 0.05) is 6.42 Å². The summed E-state index contributed by atoms with van der Waals surface area (Å²) in [5, 5.41) is 16.5. The number of benzene rings is 1. The lowest BCUT2D eigenvalue weighted by Gasteiger charge is -1.92. The van der Waals surface area contributed by atoms with Gasteiger partial charge in [-0.25, -0.2) is 9.78 Å². The van der Waals surface area contributed by atoms with Crippen molar-refractivity contribution in [3.63, 3.8) is 0 Å².